The van der Waals surface area contributed by atoms with E-state index in [1.807, 2.05) is 30.3 Å². The predicted octanol–water partition coefficient (Wildman–Crippen LogP) is 2.31. The van der Waals surface area contributed by atoms with Crippen molar-refractivity contribution >= 4 is 0 Å². The zero-order valence-corrected chi connectivity index (χ0v) is 9.93. The van der Waals surface area contributed by atoms with Crippen molar-refractivity contribution in [3.63, 3.8) is 0 Å². The molecule has 5 heteroatoms. The van der Waals surface area contributed by atoms with Gasteiger partial charge in [0.2, 0.25) is 0 Å². The van der Waals surface area contributed by atoms with Crippen LogP contribution in [0.3, 0.4) is 0 Å². The maximum absolute atomic E-state index is 9.14. The predicted molar refractivity (Wildman–Crippen MR) is 70.2 cm³/mol. The van der Waals surface area contributed by atoms with Crippen LogP contribution in [-0.2, 0) is 0 Å². The normalized spacial score (nSPS) is 10.3. The molecule has 0 saturated carbocycles. The molecule has 0 aliphatic rings. The first kappa shape index (κ1) is 11.3. The van der Waals surface area contributed by atoms with Crippen LogP contribution in [0.1, 0.15) is 0 Å². The minimum atomic E-state index is 0.0329. The summed E-state index contributed by atoms with van der Waals surface area (Å²) >= 11 is 0. The highest BCUT2D eigenvalue weighted by molar-refractivity contribution is 5.58. The fourth-order valence-corrected chi connectivity index (χ4v) is 1.65. The molecule has 1 aromatic carbocycles. The third-order valence-electron chi connectivity index (χ3n) is 2.58. The Hall–Kier alpha value is -2.82. The Morgan fingerprint density at radius 1 is 0.632 bits per heavy atom. The SMILES string of the molecule is Oc1cnc(-c2cnc(-c3ccccc3)nc2)nc1. The number of benzene rings is 1. The average molecular weight is 250 g/mol. The molecular formula is C14H10N4O. The second kappa shape index (κ2) is 4.81. The summed E-state index contributed by atoms with van der Waals surface area (Å²) in [4.78, 5) is 16.6. The van der Waals surface area contributed by atoms with Crippen LogP contribution >= 0.6 is 0 Å². The summed E-state index contributed by atoms with van der Waals surface area (Å²) in [7, 11) is 0. The van der Waals surface area contributed by atoms with E-state index in [-0.39, 0.29) is 5.75 Å². The molecule has 19 heavy (non-hydrogen) atoms. The van der Waals surface area contributed by atoms with Crippen molar-refractivity contribution in [1.29, 1.82) is 0 Å². The maximum Gasteiger partial charge on any atom is 0.162 e. The van der Waals surface area contributed by atoms with E-state index in [9.17, 15) is 0 Å². The minimum Gasteiger partial charge on any atom is -0.505 e. The van der Waals surface area contributed by atoms with Gasteiger partial charge in [-0.3, -0.25) is 0 Å². The van der Waals surface area contributed by atoms with Gasteiger partial charge in [-0.2, -0.15) is 0 Å². The molecule has 2 heterocycles. The van der Waals surface area contributed by atoms with Crippen LogP contribution in [0.2, 0.25) is 0 Å². The van der Waals surface area contributed by atoms with E-state index >= 15 is 0 Å². The van der Waals surface area contributed by atoms with E-state index in [0.29, 0.717) is 17.2 Å². The highest BCUT2D eigenvalue weighted by Gasteiger charge is 2.04. The average Bonchev–Trinajstić information content (AvgIpc) is 2.49. The molecule has 5 nitrogen and oxygen atoms in total. The highest BCUT2D eigenvalue weighted by Crippen LogP contribution is 2.17. The molecule has 0 aliphatic heterocycles. The Labute approximate surface area is 109 Å². The third-order valence-corrected chi connectivity index (χ3v) is 2.58. The summed E-state index contributed by atoms with van der Waals surface area (Å²) in [5.74, 6) is 1.17. The molecule has 0 spiro atoms. The molecular weight excluding hydrogens is 240 g/mol. The Kier molecular flexibility index (Phi) is 2.86. The Bertz CT molecular complexity index is 666. The zero-order valence-electron chi connectivity index (χ0n) is 9.93. The summed E-state index contributed by atoms with van der Waals surface area (Å²) in [6, 6.07) is 9.73. The Morgan fingerprint density at radius 3 is 1.79 bits per heavy atom. The number of hydrogen-bond acceptors (Lipinski definition) is 5. The minimum absolute atomic E-state index is 0.0329. The van der Waals surface area contributed by atoms with Crippen molar-refractivity contribution in [2.24, 2.45) is 0 Å². The molecule has 3 aromatic rings. The summed E-state index contributed by atoms with van der Waals surface area (Å²) < 4.78 is 0. The molecule has 0 saturated heterocycles. The van der Waals surface area contributed by atoms with Crippen molar-refractivity contribution in [3.05, 3.63) is 55.1 Å². The van der Waals surface area contributed by atoms with Gasteiger partial charge in [0.1, 0.15) is 0 Å². The lowest BCUT2D eigenvalue weighted by Gasteiger charge is -2.02. The van der Waals surface area contributed by atoms with Gasteiger partial charge < -0.3 is 5.11 Å². The first-order valence-electron chi connectivity index (χ1n) is 5.72. The van der Waals surface area contributed by atoms with E-state index in [0.717, 1.165) is 5.56 Å². The van der Waals surface area contributed by atoms with Crippen LogP contribution in [0.15, 0.2) is 55.1 Å². The molecule has 0 amide bonds. The molecule has 0 unspecified atom stereocenters. The zero-order chi connectivity index (χ0) is 13.1. The number of rotatable bonds is 2. The largest absolute Gasteiger partial charge is 0.505 e. The van der Waals surface area contributed by atoms with Crippen LogP contribution in [0.5, 0.6) is 5.75 Å². The fourth-order valence-electron chi connectivity index (χ4n) is 1.65. The molecule has 0 atom stereocenters. The molecule has 2 aromatic heterocycles. The summed E-state index contributed by atoms with van der Waals surface area (Å²) in [5, 5.41) is 9.14. The number of nitrogens with zero attached hydrogens (tertiary/aromatic N) is 4. The van der Waals surface area contributed by atoms with Crippen molar-refractivity contribution in [1.82, 2.24) is 19.9 Å². The summed E-state index contributed by atoms with van der Waals surface area (Å²) in [6.45, 7) is 0. The molecule has 92 valence electrons. The van der Waals surface area contributed by atoms with Gasteiger partial charge in [0, 0.05) is 18.0 Å². The van der Waals surface area contributed by atoms with E-state index in [2.05, 4.69) is 19.9 Å². The van der Waals surface area contributed by atoms with Crippen molar-refractivity contribution < 1.29 is 5.11 Å². The van der Waals surface area contributed by atoms with E-state index in [1.54, 1.807) is 12.4 Å². The first-order valence-corrected chi connectivity index (χ1v) is 5.72. The molecule has 3 rings (SSSR count). The second-order valence-electron chi connectivity index (χ2n) is 3.93. The van der Waals surface area contributed by atoms with Gasteiger partial charge in [-0.15, -0.1) is 0 Å². The van der Waals surface area contributed by atoms with Gasteiger partial charge in [0.15, 0.2) is 17.4 Å². The molecule has 0 radical (unpaired) electrons. The highest BCUT2D eigenvalue weighted by atomic mass is 16.3. The van der Waals surface area contributed by atoms with Gasteiger partial charge in [-0.05, 0) is 0 Å². The van der Waals surface area contributed by atoms with E-state index in [4.69, 9.17) is 5.11 Å². The molecule has 0 aliphatic carbocycles. The van der Waals surface area contributed by atoms with Gasteiger partial charge in [-0.1, -0.05) is 30.3 Å². The van der Waals surface area contributed by atoms with Crippen molar-refractivity contribution in [3.8, 4) is 28.5 Å². The molecule has 1 N–H and O–H groups in total. The van der Waals surface area contributed by atoms with Gasteiger partial charge >= 0.3 is 0 Å². The van der Waals surface area contributed by atoms with Crippen LogP contribution in [-0.4, -0.2) is 25.0 Å². The lowest BCUT2D eigenvalue weighted by molar-refractivity contribution is 0.470. The fraction of sp³-hybridized carbons (Fsp3) is 0. The monoisotopic (exact) mass is 250 g/mol. The van der Waals surface area contributed by atoms with Gasteiger partial charge in [0.25, 0.3) is 0 Å². The van der Waals surface area contributed by atoms with Gasteiger partial charge in [-0.25, -0.2) is 19.9 Å². The standard InChI is InChI=1S/C14H10N4O/c19-12-8-17-14(18-9-12)11-6-15-13(16-7-11)10-4-2-1-3-5-10/h1-9,19H. The summed E-state index contributed by atoms with van der Waals surface area (Å²) in [6.07, 6.45) is 6.02. The molecule has 0 bridgehead atoms. The second-order valence-corrected chi connectivity index (χ2v) is 3.93. The Morgan fingerprint density at radius 2 is 1.16 bits per heavy atom. The van der Waals surface area contributed by atoms with Crippen LogP contribution in [0.4, 0.5) is 0 Å². The van der Waals surface area contributed by atoms with Crippen LogP contribution in [0, 0.1) is 0 Å². The van der Waals surface area contributed by atoms with Crippen molar-refractivity contribution in [2.45, 2.75) is 0 Å². The van der Waals surface area contributed by atoms with E-state index in [1.165, 1.54) is 12.4 Å². The van der Waals surface area contributed by atoms with E-state index < -0.39 is 0 Å². The number of hydrogen-bond donors (Lipinski definition) is 1. The van der Waals surface area contributed by atoms with Gasteiger partial charge in [0.05, 0.1) is 18.0 Å². The number of aromatic hydroxyl groups is 1. The van der Waals surface area contributed by atoms with Crippen molar-refractivity contribution in [2.75, 3.05) is 0 Å². The lowest BCUT2D eigenvalue weighted by atomic mass is 10.2. The van der Waals surface area contributed by atoms with Crippen LogP contribution < -0.4 is 0 Å². The summed E-state index contributed by atoms with van der Waals surface area (Å²) in [5.41, 5.74) is 1.67. The number of aromatic nitrogens is 4. The topological polar surface area (TPSA) is 71.8 Å². The first-order chi connectivity index (χ1) is 9.33. The molecule has 0 fully saturated rings. The maximum atomic E-state index is 9.14. The van der Waals surface area contributed by atoms with Crippen LogP contribution in [0.25, 0.3) is 22.8 Å². The Balaban J connectivity index is 1.93. The third kappa shape index (κ3) is 2.40. The lowest BCUT2D eigenvalue weighted by Crippen LogP contribution is -1.92. The quantitative estimate of drug-likeness (QED) is 0.755. The smallest absolute Gasteiger partial charge is 0.162 e.